The van der Waals surface area contributed by atoms with E-state index in [1.807, 2.05) is 25.1 Å². The molecule has 0 radical (unpaired) electrons. The van der Waals surface area contributed by atoms with Crippen molar-refractivity contribution in [3.05, 3.63) is 23.8 Å². The number of amides is 1. The van der Waals surface area contributed by atoms with Gasteiger partial charge in [0.25, 0.3) is 0 Å². The third kappa shape index (κ3) is 3.73. The Morgan fingerprint density at radius 3 is 3.00 bits per heavy atom. The molecule has 1 aliphatic heterocycles. The molecule has 0 aromatic heterocycles. The van der Waals surface area contributed by atoms with Gasteiger partial charge in [-0.2, -0.15) is 0 Å². The zero-order valence-corrected chi connectivity index (χ0v) is 12.5. The molecular weight excluding hydrogens is 250 g/mol. The Morgan fingerprint density at radius 2 is 2.25 bits per heavy atom. The summed E-state index contributed by atoms with van der Waals surface area (Å²) >= 11 is 0. The molecule has 4 heteroatoms. The Balaban J connectivity index is 1.96. The van der Waals surface area contributed by atoms with E-state index >= 15 is 0 Å². The first-order valence-corrected chi connectivity index (χ1v) is 7.50. The summed E-state index contributed by atoms with van der Waals surface area (Å²) in [5.74, 6) is 0.0547. The van der Waals surface area contributed by atoms with E-state index < -0.39 is 0 Å². The molecule has 4 nitrogen and oxygen atoms in total. The molecule has 1 aromatic rings. The third-order valence-electron chi connectivity index (χ3n) is 4.10. The number of nitrogens with two attached hydrogens (primary N) is 1. The lowest BCUT2D eigenvalue weighted by molar-refractivity contribution is -0.118. The summed E-state index contributed by atoms with van der Waals surface area (Å²) in [6.07, 6.45) is 4.80. The highest BCUT2D eigenvalue weighted by atomic mass is 16.2. The third-order valence-corrected chi connectivity index (χ3v) is 4.10. The van der Waals surface area contributed by atoms with Crippen LogP contribution in [0.25, 0.3) is 0 Å². The second-order valence-corrected chi connectivity index (χ2v) is 5.65. The fraction of sp³-hybridized carbons (Fsp3) is 0.562. The highest BCUT2D eigenvalue weighted by Crippen LogP contribution is 2.20. The lowest BCUT2D eigenvalue weighted by Crippen LogP contribution is -2.43. The van der Waals surface area contributed by atoms with Gasteiger partial charge in [-0.15, -0.1) is 0 Å². The number of aryl methyl sites for hydroxylation is 1. The van der Waals surface area contributed by atoms with Crippen molar-refractivity contribution >= 4 is 17.3 Å². The number of nitrogens with zero attached hydrogens (tertiary/aromatic N) is 1. The average molecular weight is 275 g/mol. The van der Waals surface area contributed by atoms with E-state index in [4.69, 9.17) is 5.73 Å². The van der Waals surface area contributed by atoms with Crippen molar-refractivity contribution in [2.24, 2.45) is 0 Å². The highest BCUT2D eigenvalue weighted by Gasteiger charge is 2.22. The maximum Gasteiger partial charge on any atom is 0.238 e. The van der Waals surface area contributed by atoms with E-state index in [-0.39, 0.29) is 5.91 Å². The van der Waals surface area contributed by atoms with Crippen molar-refractivity contribution in [1.82, 2.24) is 4.90 Å². The number of carbonyl (C=O) groups excluding carboxylic acids is 1. The zero-order valence-electron chi connectivity index (χ0n) is 12.5. The Hall–Kier alpha value is -1.55. The van der Waals surface area contributed by atoms with E-state index in [2.05, 4.69) is 17.1 Å². The van der Waals surface area contributed by atoms with Crippen LogP contribution in [0.5, 0.6) is 0 Å². The molecule has 1 atom stereocenters. The predicted octanol–water partition coefficient (Wildman–Crippen LogP) is 2.78. The molecule has 1 aliphatic rings. The molecule has 3 N–H and O–H groups in total. The van der Waals surface area contributed by atoms with Gasteiger partial charge in [0.15, 0.2) is 0 Å². The van der Waals surface area contributed by atoms with Gasteiger partial charge in [0, 0.05) is 17.4 Å². The molecule has 1 heterocycles. The molecule has 1 amide bonds. The van der Waals surface area contributed by atoms with Crippen molar-refractivity contribution in [3.8, 4) is 0 Å². The van der Waals surface area contributed by atoms with Gasteiger partial charge in [0.05, 0.1) is 6.54 Å². The number of piperidine rings is 1. The minimum Gasteiger partial charge on any atom is -0.399 e. The van der Waals surface area contributed by atoms with Crippen molar-refractivity contribution in [2.45, 2.75) is 45.6 Å². The number of nitrogen functional groups attached to an aromatic ring is 1. The SMILES string of the molecule is CCC1CCCCN1CC(=O)Nc1cc(N)ccc1C. The van der Waals surface area contributed by atoms with E-state index in [9.17, 15) is 4.79 Å². The number of anilines is 2. The molecule has 0 aliphatic carbocycles. The van der Waals surface area contributed by atoms with Crippen LogP contribution in [0.15, 0.2) is 18.2 Å². The van der Waals surface area contributed by atoms with Crippen molar-refractivity contribution in [2.75, 3.05) is 24.1 Å². The van der Waals surface area contributed by atoms with Crippen molar-refractivity contribution < 1.29 is 4.79 Å². The Morgan fingerprint density at radius 1 is 1.45 bits per heavy atom. The van der Waals surface area contributed by atoms with Crippen LogP contribution < -0.4 is 11.1 Å². The fourth-order valence-electron chi connectivity index (χ4n) is 2.88. The summed E-state index contributed by atoms with van der Waals surface area (Å²) < 4.78 is 0. The predicted molar refractivity (Wildman–Crippen MR) is 83.7 cm³/mol. The lowest BCUT2D eigenvalue weighted by Gasteiger charge is -2.34. The van der Waals surface area contributed by atoms with Crippen LogP contribution >= 0.6 is 0 Å². The van der Waals surface area contributed by atoms with E-state index in [0.717, 1.165) is 24.2 Å². The van der Waals surface area contributed by atoms with Gasteiger partial charge in [-0.3, -0.25) is 9.69 Å². The standard InChI is InChI=1S/C16H25N3O/c1-3-14-6-4-5-9-19(14)11-16(20)18-15-10-13(17)8-7-12(15)2/h7-8,10,14H,3-6,9,11,17H2,1-2H3,(H,18,20). The van der Waals surface area contributed by atoms with Crippen LogP contribution in [0, 0.1) is 6.92 Å². The van der Waals surface area contributed by atoms with Crippen LogP contribution in [-0.2, 0) is 4.79 Å². The van der Waals surface area contributed by atoms with Gasteiger partial charge in [-0.1, -0.05) is 19.4 Å². The molecule has 110 valence electrons. The first-order valence-electron chi connectivity index (χ1n) is 7.50. The van der Waals surface area contributed by atoms with Crippen LogP contribution in [0.3, 0.4) is 0 Å². The number of nitrogens with one attached hydrogen (secondary N) is 1. The van der Waals surface area contributed by atoms with Crippen molar-refractivity contribution in [1.29, 1.82) is 0 Å². The number of rotatable bonds is 4. The zero-order chi connectivity index (χ0) is 14.5. The minimum absolute atomic E-state index is 0.0547. The quantitative estimate of drug-likeness (QED) is 0.831. The van der Waals surface area contributed by atoms with Crippen LogP contribution in [0.4, 0.5) is 11.4 Å². The van der Waals surface area contributed by atoms with Crippen LogP contribution in [0.1, 0.15) is 38.2 Å². The summed E-state index contributed by atoms with van der Waals surface area (Å²) in [5, 5.41) is 2.98. The first kappa shape index (κ1) is 14.9. The topological polar surface area (TPSA) is 58.4 Å². The summed E-state index contributed by atoms with van der Waals surface area (Å²) in [5.41, 5.74) is 8.31. The molecule has 0 bridgehead atoms. The van der Waals surface area contributed by atoms with E-state index in [1.54, 1.807) is 0 Å². The number of benzene rings is 1. The highest BCUT2D eigenvalue weighted by molar-refractivity contribution is 5.93. The van der Waals surface area contributed by atoms with Gasteiger partial charge >= 0.3 is 0 Å². The Labute approximate surface area is 121 Å². The second kappa shape index (κ2) is 6.75. The van der Waals surface area contributed by atoms with Gasteiger partial charge in [0.1, 0.15) is 0 Å². The molecule has 0 spiro atoms. The molecule has 2 rings (SSSR count). The summed E-state index contributed by atoms with van der Waals surface area (Å²) in [4.78, 5) is 14.5. The molecule has 1 unspecified atom stereocenters. The second-order valence-electron chi connectivity index (χ2n) is 5.65. The number of hydrogen-bond acceptors (Lipinski definition) is 3. The Bertz CT molecular complexity index is 473. The molecule has 1 fully saturated rings. The maximum absolute atomic E-state index is 12.2. The largest absolute Gasteiger partial charge is 0.399 e. The summed E-state index contributed by atoms with van der Waals surface area (Å²) in [7, 11) is 0. The van der Waals surface area contributed by atoms with Crippen molar-refractivity contribution in [3.63, 3.8) is 0 Å². The van der Waals surface area contributed by atoms with Crippen LogP contribution in [-0.4, -0.2) is 29.9 Å². The van der Waals surface area contributed by atoms with Gasteiger partial charge in [0.2, 0.25) is 5.91 Å². The summed E-state index contributed by atoms with van der Waals surface area (Å²) in [6.45, 7) is 5.68. The first-order chi connectivity index (χ1) is 9.60. The molecule has 0 saturated carbocycles. The molecule has 1 saturated heterocycles. The van der Waals surface area contributed by atoms with E-state index in [0.29, 0.717) is 18.3 Å². The monoisotopic (exact) mass is 275 g/mol. The van der Waals surface area contributed by atoms with Gasteiger partial charge in [-0.05, 0) is 50.4 Å². The number of carbonyl (C=O) groups is 1. The normalized spacial score (nSPS) is 19.8. The van der Waals surface area contributed by atoms with Gasteiger partial charge < -0.3 is 11.1 Å². The fourth-order valence-corrected chi connectivity index (χ4v) is 2.88. The maximum atomic E-state index is 12.2. The smallest absolute Gasteiger partial charge is 0.238 e. The lowest BCUT2D eigenvalue weighted by atomic mass is 10.00. The minimum atomic E-state index is 0.0547. The average Bonchev–Trinajstić information content (AvgIpc) is 2.43. The molecule has 1 aromatic carbocycles. The van der Waals surface area contributed by atoms with Crippen LogP contribution in [0.2, 0.25) is 0 Å². The van der Waals surface area contributed by atoms with E-state index in [1.165, 1.54) is 19.3 Å². The molecule has 20 heavy (non-hydrogen) atoms. The van der Waals surface area contributed by atoms with Gasteiger partial charge in [-0.25, -0.2) is 0 Å². The molecular formula is C16H25N3O. The number of likely N-dealkylation sites (tertiary alicyclic amines) is 1. The number of hydrogen-bond donors (Lipinski definition) is 2. The Kier molecular flexibility index (Phi) is 5.01. The summed E-state index contributed by atoms with van der Waals surface area (Å²) in [6, 6.07) is 6.15.